The maximum absolute atomic E-state index is 17.1. The molecular formula is C55H60F2N8O5. The predicted molar refractivity (Wildman–Crippen MR) is 266 cm³/mol. The fourth-order valence-electron chi connectivity index (χ4n) is 12.0. The Morgan fingerprint density at radius 3 is 2.41 bits per heavy atom. The minimum Gasteiger partial charge on any atom is -0.463 e. The highest BCUT2D eigenvalue weighted by molar-refractivity contribution is 6.03. The minimum atomic E-state index is -0.935. The molecule has 1 saturated carbocycles. The SMILES string of the molecule is C#Cc1c(F)ccc2cccc(-c3ccc4c(N5CCC[C@@](C)(O)C5)nc(OCC5(CN6CCC(CN7CCC(c8ccc9c(c8)n(C)c(=O)n9C8CCC(=O)NC8=O)CC7)CC6)CC5)nc4c3F)c12. The number of likely N-dealkylation sites (tertiary alicyclic amines) is 2. The number of aromatic nitrogens is 4. The third-order valence-electron chi connectivity index (χ3n) is 16.1. The number of hydrogen-bond donors (Lipinski definition) is 2. The number of amides is 2. The molecule has 4 saturated heterocycles. The summed E-state index contributed by atoms with van der Waals surface area (Å²) < 4.78 is 41.8. The highest BCUT2D eigenvalue weighted by Crippen LogP contribution is 2.47. The highest BCUT2D eigenvalue weighted by atomic mass is 19.1. The number of imidazole rings is 1. The van der Waals surface area contributed by atoms with E-state index in [0.717, 1.165) is 95.2 Å². The number of piperidine rings is 4. The normalized spacial score (nSPS) is 22.7. The molecule has 6 heterocycles. The quantitative estimate of drug-likeness (QED) is 0.0996. The van der Waals surface area contributed by atoms with E-state index in [0.29, 0.717) is 71.9 Å². The Labute approximate surface area is 405 Å². The molecule has 4 aliphatic heterocycles. The van der Waals surface area contributed by atoms with Gasteiger partial charge in [0.25, 0.3) is 0 Å². The molecule has 15 heteroatoms. The van der Waals surface area contributed by atoms with Crippen LogP contribution < -0.4 is 20.6 Å². The summed E-state index contributed by atoms with van der Waals surface area (Å²) in [6, 6.07) is 17.5. The van der Waals surface area contributed by atoms with Crippen molar-refractivity contribution < 1.29 is 28.2 Å². The second-order valence-electron chi connectivity index (χ2n) is 21.2. The number of nitrogens with zero attached hydrogens (tertiary/aromatic N) is 7. The molecule has 70 heavy (non-hydrogen) atoms. The van der Waals surface area contributed by atoms with E-state index in [1.807, 2.05) is 30.0 Å². The van der Waals surface area contributed by atoms with Gasteiger partial charge in [-0.1, -0.05) is 42.3 Å². The van der Waals surface area contributed by atoms with E-state index in [-0.39, 0.29) is 46.1 Å². The zero-order valence-electron chi connectivity index (χ0n) is 40.0. The average Bonchev–Trinajstić information content (AvgIpc) is 4.08. The zero-order chi connectivity index (χ0) is 48.5. The Bertz CT molecular complexity index is 3160. The second kappa shape index (κ2) is 18.2. The largest absolute Gasteiger partial charge is 0.463 e. The van der Waals surface area contributed by atoms with Gasteiger partial charge < -0.3 is 24.5 Å². The number of anilines is 1. The van der Waals surface area contributed by atoms with Crippen molar-refractivity contribution in [2.75, 3.05) is 63.9 Å². The van der Waals surface area contributed by atoms with E-state index in [1.165, 1.54) is 11.6 Å². The fourth-order valence-corrected chi connectivity index (χ4v) is 12.0. The lowest BCUT2D eigenvalue weighted by molar-refractivity contribution is -0.135. The van der Waals surface area contributed by atoms with Crippen molar-refractivity contribution in [3.63, 3.8) is 0 Å². The Kier molecular flexibility index (Phi) is 12.0. The zero-order valence-corrected chi connectivity index (χ0v) is 40.0. The van der Waals surface area contributed by atoms with Gasteiger partial charge in [0.05, 0.1) is 28.8 Å². The number of rotatable bonds is 11. The maximum Gasteiger partial charge on any atom is 0.329 e. The summed E-state index contributed by atoms with van der Waals surface area (Å²) >= 11 is 0. The van der Waals surface area contributed by atoms with E-state index >= 15 is 8.78 Å². The van der Waals surface area contributed by atoms with E-state index < -0.39 is 29.2 Å². The van der Waals surface area contributed by atoms with Crippen LogP contribution in [0.25, 0.3) is 43.8 Å². The van der Waals surface area contributed by atoms with Gasteiger partial charge in [0.2, 0.25) is 11.8 Å². The Balaban J connectivity index is 0.729. The van der Waals surface area contributed by atoms with Crippen LogP contribution in [0, 0.1) is 35.3 Å². The molecule has 5 fully saturated rings. The predicted octanol–water partition coefficient (Wildman–Crippen LogP) is 7.44. The number of carbonyl (C=O) groups excluding carboxylic acids is 2. The number of aryl methyl sites for hydroxylation is 1. The van der Waals surface area contributed by atoms with Gasteiger partial charge in [0, 0.05) is 61.4 Å². The Morgan fingerprint density at radius 2 is 1.67 bits per heavy atom. The van der Waals surface area contributed by atoms with E-state index in [9.17, 15) is 19.5 Å². The third-order valence-corrected chi connectivity index (χ3v) is 16.1. The number of benzene rings is 4. The van der Waals surface area contributed by atoms with Gasteiger partial charge >= 0.3 is 11.7 Å². The highest BCUT2D eigenvalue weighted by Gasteiger charge is 2.46. The minimum absolute atomic E-state index is 0.0378. The van der Waals surface area contributed by atoms with Crippen molar-refractivity contribution in [3.8, 4) is 29.5 Å². The van der Waals surface area contributed by atoms with Crippen molar-refractivity contribution >= 4 is 50.3 Å². The van der Waals surface area contributed by atoms with Gasteiger partial charge in [-0.05, 0) is 144 Å². The monoisotopic (exact) mass is 950 g/mol. The van der Waals surface area contributed by atoms with Crippen LogP contribution in [0.3, 0.4) is 0 Å². The molecule has 13 nitrogen and oxygen atoms in total. The summed E-state index contributed by atoms with van der Waals surface area (Å²) in [6.07, 6.45) is 14.1. The van der Waals surface area contributed by atoms with Crippen LogP contribution in [0.15, 0.2) is 65.5 Å². The first kappa shape index (κ1) is 46.2. The Morgan fingerprint density at radius 1 is 0.886 bits per heavy atom. The molecule has 11 rings (SSSR count). The van der Waals surface area contributed by atoms with E-state index in [2.05, 4.69) is 33.2 Å². The summed E-state index contributed by atoms with van der Waals surface area (Å²) in [6.45, 7) is 9.31. The number of hydrogen-bond acceptors (Lipinski definition) is 10. The molecule has 0 spiro atoms. The van der Waals surface area contributed by atoms with Crippen LogP contribution in [0.5, 0.6) is 6.01 Å². The van der Waals surface area contributed by atoms with Crippen LogP contribution >= 0.6 is 0 Å². The van der Waals surface area contributed by atoms with Crippen molar-refractivity contribution in [2.45, 2.75) is 88.7 Å². The number of halogens is 2. The molecule has 0 bridgehead atoms. The number of ether oxygens (including phenoxy) is 1. The van der Waals surface area contributed by atoms with Gasteiger partial charge in [0.15, 0.2) is 5.82 Å². The standard InChI is InChI=1S/C55H60F2N8O5/c1-4-38-42(56)13-9-36-7-5-8-39(47(36)38)40-11-12-41-49(48(40)57)59-52(60-50(41)64-24-6-21-54(2,69)31-64)70-33-55(22-23-55)32-63-25-17-34(18-26-63)30-62-27-19-35(20-28-62)37-10-14-43-45(29-37)61(3)53(68)65(43)44-15-16-46(66)58-51(44)67/h1,5,7-14,29,34-35,44,69H,6,15-28,30-33H2,2-3H3,(H,58,66,67)/t44?,54-/m1/s1. The number of terminal acetylenes is 1. The fraction of sp³-hybridized carbons (Fsp3) is 0.473. The first-order chi connectivity index (χ1) is 33.8. The second-order valence-corrected chi connectivity index (χ2v) is 21.2. The van der Waals surface area contributed by atoms with Gasteiger partial charge in [-0.3, -0.25) is 24.0 Å². The van der Waals surface area contributed by atoms with Gasteiger partial charge in [0.1, 0.15) is 23.2 Å². The summed E-state index contributed by atoms with van der Waals surface area (Å²) in [4.78, 5) is 54.6. The number of fused-ring (bicyclic) bond motifs is 3. The molecule has 1 unspecified atom stereocenters. The molecule has 5 aliphatic rings. The van der Waals surface area contributed by atoms with E-state index in [1.54, 1.807) is 40.4 Å². The molecule has 2 amide bonds. The first-order valence-electron chi connectivity index (χ1n) is 25.0. The number of imide groups is 1. The Hall–Kier alpha value is -6.21. The smallest absolute Gasteiger partial charge is 0.329 e. The summed E-state index contributed by atoms with van der Waals surface area (Å²) in [5.74, 6) is 2.18. The number of nitrogens with one attached hydrogen (secondary N) is 1. The summed E-state index contributed by atoms with van der Waals surface area (Å²) in [5.41, 5.74) is 2.43. The lowest BCUT2D eigenvalue weighted by Crippen LogP contribution is -2.46. The topological polar surface area (TPSA) is 138 Å². The van der Waals surface area contributed by atoms with E-state index in [4.69, 9.17) is 21.1 Å². The summed E-state index contributed by atoms with van der Waals surface area (Å²) in [5, 5.41) is 15.2. The number of carbonyl (C=O) groups is 2. The van der Waals surface area contributed by atoms with Crippen molar-refractivity contribution in [3.05, 3.63) is 93.9 Å². The molecule has 2 N–H and O–H groups in total. The van der Waals surface area contributed by atoms with Crippen LogP contribution in [0.2, 0.25) is 0 Å². The van der Waals surface area contributed by atoms with Gasteiger partial charge in [-0.25, -0.2) is 13.6 Å². The molecule has 0 radical (unpaired) electrons. The lowest BCUT2D eigenvalue weighted by atomic mass is 9.88. The molecule has 364 valence electrons. The van der Waals surface area contributed by atoms with Crippen LogP contribution in [-0.4, -0.2) is 110 Å². The average molecular weight is 951 g/mol. The van der Waals surface area contributed by atoms with Crippen molar-refractivity contribution in [1.29, 1.82) is 0 Å². The van der Waals surface area contributed by atoms with Crippen LogP contribution in [0.1, 0.15) is 94.2 Å². The summed E-state index contributed by atoms with van der Waals surface area (Å²) in [7, 11) is 1.75. The molecule has 6 aromatic rings. The molecule has 4 aromatic carbocycles. The maximum atomic E-state index is 17.1. The number of β-amino-alcohol motifs (C(OH)–C–C–N with tert-alkyl or cyclic N) is 1. The van der Waals surface area contributed by atoms with Gasteiger partial charge in [-0.15, -0.1) is 6.42 Å². The molecule has 1 aliphatic carbocycles. The van der Waals surface area contributed by atoms with Gasteiger partial charge in [-0.2, -0.15) is 9.97 Å². The first-order valence-corrected chi connectivity index (χ1v) is 25.0. The third kappa shape index (κ3) is 8.72. The number of aliphatic hydroxyl groups is 1. The molecular weight excluding hydrogens is 891 g/mol. The molecule has 2 aromatic heterocycles. The van der Waals surface area contributed by atoms with Crippen molar-refractivity contribution in [2.24, 2.45) is 18.4 Å². The van der Waals surface area contributed by atoms with Crippen LogP contribution in [-0.2, 0) is 16.6 Å². The van der Waals surface area contributed by atoms with Crippen LogP contribution in [0.4, 0.5) is 14.6 Å². The molecule has 2 atom stereocenters. The lowest BCUT2D eigenvalue weighted by Gasteiger charge is -2.38. The van der Waals surface area contributed by atoms with Crippen molar-refractivity contribution in [1.82, 2.24) is 34.2 Å².